The summed E-state index contributed by atoms with van der Waals surface area (Å²) in [5, 5.41) is 0. The number of aryl methyl sites for hydroxylation is 1. The van der Waals surface area contributed by atoms with Gasteiger partial charge in [-0.2, -0.15) is 0 Å². The van der Waals surface area contributed by atoms with E-state index in [1.165, 1.54) is 44.1 Å². The molecule has 22 heavy (non-hydrogen) atoms. The molecule has 1 rings (SSSR count). The van der Waals surface area contributed by atoms with E-state index in [2.05, 4.69) is 45.0 Å². The summed E-state index contributed by atoms with van der Waals surface area (Å²) < 4.78 is 6.22. The Bertz CT molecular complexity index is 385. The summed E-state index contributed by atoms with van der Waals surface area (Å²) in [6, 6.07) is 8.53. The van der Waals surface area contributed by atoms with Crippen LogP contribution in [0.3, 0.4) is 0 Å². The van der Waals surface area contributed by atoms with Crippen molar-refractivity contribution in [1.82, 2.24) is 0 Å². The molecule has 0 aliphatic carbocycles. The van der Waals surface area contributed by atoms with Crippen LogP contribution < -0.4 is 10.5 Å². The highest BCUT2D eigenvalue weighted by molar-refractivity contribution is 5.28. The highest BCUT2D eigenvalue weighted by Gasteiger charge is 2.28. The second-order valence-electron chi connectivity index (χ2n) is 6.58. The molecule has 0 saturated heterocycles. The van der Waals surface area contributed by atoms with E-state index in [-0.39, 0.29) is 0 Å². The maximum atomic E-state index is 6.22. The van der Waals surface area contributed by atoms with E-state index < -0.39 is 0 Å². The number of hydrogen-bond donors (Lipinski definition) is 1. The molecule has 126 valence electrons. The maximum absolute atomic E-state index is 6.22. The molecule has 0 aromatic heterocycles. The van der Waals surface area contributed by atoms with Crippen molar-refractivity contribution in [3.05, 3.63) is 29.8 Å². The molecule has 0 radical (unpaired) electrons. The van der Waals surface area contributed by atoms with Crippen LogP contribution in [0.5, 0.6) is 5.75 Å². The molecule has 0 bridgehead atoms. The third kappa shape index (κ3) is 6.39. The van der Waals surface area contributed by atoms with E-state index in [9.17, 15) is 0 Å². The number of hydrogen-bond acceptors (Lipinski definition) is 2. The van der Waals surface area contributed by atoms with Crippen molar-refractivity contribution in [2.75, 3.05) is 13.2 Å². The fraction of sp³-hybridized carbons (Fsp3) is 0.700. The fourth-order valence-electron chi connectivity index (χ4n) is 3.52. The van der Waals surface area contributed by atoms with Crippen molar-refractivity contribution in [3.63, 3.8) is 0 Å². The monoisotopic (exact) mass is 305 g/mol. The van der Waals surface area contributed by atoms with Crippen molar-refractivity contribution < 1.29 is 4.74 Å². The van der Waals surface area contributed by atoms with Crippen LogP contribution in [0.1, 0.15) is 71.3 Å². The average molecular weight is 306 g/mol. The van der Waals surface area contributed by atoms with Crippen LogP contribution in [-0.4, -0.2) is 13.2 Å². The Kier molecular flexibility index (Phi) is 9.22. The highest BCUT2D eigenvalue weighted by atomic mass is 16.5. The lowest BCUT2D eigenvalue weighted by atomic mass is 9.76. The first-order chi connectivity index (χ1) is 10.7. The zero-order valence-electron chi connectivity index (χ0n) is 14.9. The molecule has 0 aliphatic rings. The Balaban J connectivity index is 2.70. The van der Waals surface area contributed by atoms with Gasteiger partial charge in [0.2, 0.25) is 0 Å². The predicted molar refractivity (Wildman–Crippen MR) is 96.5 cm³/mol. The molecule has 0 fully saturated rings. The largest absolute Gasteiger partial charge is 0.493 e. The van der Waals surface area contributed by atoms with Gasteiger partial charge in [0, 0.05) is 5.41 Å². The molecule has 0 amide bonds. The van der Waals surface area contributed by atoms with E-state index in [1.807, 2.05) is 0 Å². The Morgan fingerprint density at radius 1 is 1.00 bits per heavy atom. The van der Waals surface area contributed by atoms with Crippen LogP contribution in [0.15, 0.2) is 24.3 Å². The minimum atomic E-state index is 0.353. The SMILES string of the molecule is CCCC(CCC)(CCC)COc1cccc(CCCN)c1. The van der Waals surface area contributed by atoms with Gasteiger partial charge in [0.25, 0.3) is 0 Å². The third-order valence-electron chi connectivity index (χ3n) is 4.45. The number of nitrogens with two attached hydrogens (primary N) is 1. The zero-order chi connectivity index (χ0) is 16.3. The zero-order valence-corrected chi connectivity index (χ0v) is 14.9. The molecular formula is C20H35NO. The molecule has 0 aliphatic heterocycles. The van der Waals surface area contributed by atoms with Gasteiger partial charge >= 0.3 is 0 Å². The van der Waals surface area contributed by atoms with Gasteiger partial charge in [-0.3, -0.25) is 0 Å². The fourth-order valence-corrected chi connectivity index (χ4v) is 3.52. The molecule has 0 spiro atoms. The lowest BCUT2D eigenvalue weighted by Crippen LogP contribution is -2.28. The van der Waals surface area contributed by atoms with Crippen LogP contribution in [0.25, 0.3) is 0 Å². The first-order valence-electron chi connectivity index (χ1n) is 9.11. The predicted octanol–water partition coefficient (Wildman–Crippen LogP) is 5.34. The van der Waals surface area contributed by atoms with Crippen molar-refractivity contribution in [2.45, 2.75) is 72.1 Å². The van der Waals surface area contributed by atoms with Crippen LogP contribution >= 0.6 is 0 Å². The van der Waals surface area contributed by atoms with Gasteiger partial charge < -0.3 is 10.5 Å². The van der Waals surface area contributed by atoms with Gasteiger partial charge in [0.1, 0.15) is 5.75 Å². The van der Waals surface area contributed by atoms with Crippen LogP contribution in [0, 0.1) is 5.41 Å². The number of ether oxygens (including phenoxy) is 1. The first-order valence-corrected chi connectivity index (χ1v) is 9.11. The van der Waals surface area contributed by atoms with Gasteiger partial charge in [0.05, 0.1) is 6.61 Å². The number of benzene rings is 1. The second kappa shape index (κ2) is 10.7. The lowest BCUT2D eigenvalue weighted by molar-refractivity contribution is 0.108. The quantitative estimate of drug-likeness (QED) is 0.565. The number of rotatable bonds is 12. The molecule has 1 aromatic carbocycles. The van der Waals surface area contributed by atoms with Crippen LogP contribution in [0.4, 0.5) is 0 Å². The van der Waals surface area contributed by atoms with Crippen molar-refractivity contribution in [3.8, 4) is 5.75 Å². The first kappa shape index (κ1) is 19.0. The third-order valence-corrected chi connectivity index (χ3v) is 4.45. The summed E-state index contributed by atoms with van der Waals surface area (Å²) in [6.07, 6.45) is 9.58. The Hall–Kier alpha value is -1.02. The molecule has 0 saturated carbocycles. The Morgan fingerprint density at radius 3 is 2.18 bits per heavy atom. The van der Waals surface area contributed by atoms with Crippen LogP contribution in [-0.2, 0) is 6.42 Å². The summed E-state index contributed by atoms with van der Waals surface area (Å²) in [6.45, 7) is 8.45. The summed E-state index contributed by atoms with van der Waals surface area (Å²) in [5.74, 6) is 1.02. The minimum Gasteiger partial charge on any atom is -0.493 e. The van der Waals surface area contributed by atoms with E-state index in [0.29, 0.717) is 5.41 Å². The minimum absolute atomic E-state index is 0.353. The molecular weight excluding hydrogens is 270 g/mol. The summed E-state index contributed by atoms with van der Waals surface area (Å²) >= 11 is 0. The molecule has 0 unspecified atom stereocenters. The smallest absolute Gasteiger partial charge is 0.119 e. The average Bonchev–Trinajstić information content (AvgIpc) is 2.52. The van der Waals surface area contributed by atoms with E-state index in [1.54, 1.807) is 0 Å². The van der Waals surface area contributed by atoms with E-state index in [4.69, 9.17) is 10.5 Å². The molecule has 2 heteroatoms. The summed E-state index contributed by atoms with van der Waals surface area (Å²) in [7, 11) is 0. The van der Waals surface area contributed by atoms with Gasteiger partial charge in [-0.05, 0) is 56.3 Å². The van der Waals surface area contributed by atoms with Gasteiger partial charge in [-0.15, -0.1) is 0 Å². The molecule has 0 atom stereocenters. The standard InChI is InChI=1S/C20H35NO/c1-4-12-20(13-5-2,14-6-3)17-22-19-11-7-9-18(16-19)10-8-15-21/h7,9,11,16H,4-6,8,10,12-15,17,21H2,1-3H3. The van der Waals surface area contributed by atoms with Crippen LogP contribution in [0.2, 0.25) is 0 Å². The van der Waals surface area contributed by atoms with Crippen molar-refractivity contribution in [1.29, 1.82) is 0 Å². The summed E-state index contributed by atoms with van der Waals surface area (Å²) in [4.78, 5) is 0. The summed E-state index contributed by atoms with van der Waals surface area (Å²) in [5.41, 5.74) is 7.28. The maximum Gasteiger partial charge on any atom is 0.119 e. The Morgan fingerprint density at radius 2 is 1.64 bits per heavy atom. The molecule has 1 aromatic rings. The van der Waals surface area contributed by atoms with Crippen molar-refractivity contribution in [2.24, 2.45) is 11.1 Å². The normalized spacial score (nSPS) is 11.6. The highest BCUT2D eigenvalue weighted by Crippen LogP contribution is 2.35. The van der Waals surface area contributed by atoms with E-state index in [0.717, 1.165) is 31.7 Å². The molecule has 2 nitrogen and oxygen atoms in total. The molecule has 2 N–H and O–H groups in total. The lowest BCUT2D eigenvalue weighted by Gasteiger charge is -2.33. The second-order valence-corrected chi connectivity index (χ2v) is 6.58. The van der Waals surface area contributed by atoms with Gasteiger partial charge in [-0.1, -0.05) is 52.2 Å². The van der Waals surface area contributed by atoms with Crippen molar-refractivity contribution >= 4 is 0 Å². The van der Waals surface area contributed by atoms with E-state index >= 15 is 0 Å². The Labute approximate surface area is 137 Å². The van der Waals surface area contributed by atoms with Gasteiger partial charge in [0.15, 0.2) is 0 Å². The molecule has 0 heterocycles. The topological polar surface area (TPSA) is 35.2 Å². The van der Waals surface area contributed by atoms with Gasteiger partial charge in [-0.25, -0.2) is 0 Å².